The highest BCUT2D eigenvalue weighted by Crippen LogP contribution is 2.59. The first-order valence-corrected chi connectivity index (χ1v) is 14.7. The zero-order valence-electron chi connectivity index (χ0n) is 22.6. The molecule has 0 bridgehead atoms. The summed E-state index contributed by atoms with van der Waals surface area (Å²) in [5.41, 5.74) is 0.749. The van der Waals surface area contributed by atoms with E-state index < -0.39 is 40.4 Å². The fraction of sp³-hybridized carbons (Fsp3) is 0.290. The number of hydrogen-bond donors (Lipinski definition) is 1. The van der Waals surface area contributed by atoms with Crippen LogP contribution in [-0.2, 0) is 4.74 Å². The van der Waals surface area contributed by atoms with E-state index in [2.05, 4.69) is 0 Å². The largest absolute Gasteiger partial charge is 0.502 e. The molecule has 214 valence electrons. The van der Waals surface area contributed by atoms with Crippen LogP contribution in [-0.4, -0.2) is 51.6 Å². The molecule has 1 N–H and O–H groups in total. The van der Waals surface area contributed by atoms with Gasteiger partial charge in [-0.05, 0) is 36.6 Å². The molecule has 3 atom stereocenters. The fourth-order valence-electron chi connectivity index (χ4n) is 6.91. The van der Waals surface area contributed by atoms with Gasteiger partial charge in [0.25, 0.3) is 5.91 Å². The number of benzene rings is 2. The highest BCUT2D eigenvalue weighted by Gasteiger charge is 2.71. The summed E-state index contributed by atoms with van der Waals surface area (Å²) in [6.45, 7) is 4.29. The minimum absolute atomic E-state index is 0.0729. The molecule has 1 saturated heterocycles. The van der Waals surface area contributed by atoms with Crippen molar-refractivity contribution in [1.82, 2.24) is 9.58 Å². The molecular weight excluding hydrogens is 564 g/mol. The van der Waals surface area contributed by atoms with Crippen molar-refractivity contribution in [2.45, 2.75) is 44.2 Å². The van der Waals surface area contributed by atoms with E-state index in [-0.39, 0.29) is 30.0 Å². The van der Waals surface area contributed by atoms with Crippen molar-refractivity contribution in [3.63, 3.8) is 0 Å². The Morgan fingerprint density at radius 3 is 2.71 bits per heavy atom. The summed E-state index contributed by atoms with van der Waals surface area (Å²) < 4.78 is 45.0. The zero-order valence-corrected chi connectivity index (χ0v) is 23.5. The minimum atomic E-state index is -1.00. The summed E-state index contributed by atoms with van der Waals surface area (Å²) in [5.74, 6) is -2.69. The highest BCUT2D eigenvalue weighted by atomic mass is 32.1. The Morgan fingerprint density at radius 2 is 1.90 bits per heavy atom. The molecule has 4 aromatic rings. The van der Waals surface area contributed by atoms with E-state index >= 15 is 8.78 Å². The average Bonchev–Trinajstić information content (AvgIpc) is 3.61. The molecule has 8 rings (SSSR count). The summed E-state index contributed by atoms with van der Waals surface area (Å²) in [6, 6.07) is 10.7. The normalized spacial score (nSPS) is 23.3. The number of halogens is 2. The number of rotatable bonds is 3. The van der Waals surface area contributed by atoms with Crippen molar-refractivity contribution in [3.8, 4) is 33.1 Å². The Balaban J connectivity index is 1.49. The first-order chi connectivity index (χ1) is 20.2. The number of carbonyl (C=O) groups excluding carboxylic acids is 1. The van der Waals surface area contributed by atoms with Crippen LogP contribution in [0.15, 0.2) is 58.8 Å². The van der Waals surface area contributed by atoms with E-state index in [0.717, 1.165) is 22.1 Å². The number of pyridine rings is 1. The lowest BCUT2D eigenvalue weighted by molar-refractivity contribution is -0.0217. The van der Waals surface area contributed by atoms with Crippen LogP contribution in [0.1, 0.15) is 47.9 Å². The molecular formula is C31H25F2N3O5S. The molecule has 8 nitrogen and oxygen atoms in total. The molecule has 2 aliphatic heterocycles. The molecule has 2 fully saturated rings. The molecule has 1 saturated carbocycles. The predicted molar refractivity (Wildman–Crippen MR) is 151 cm³/mol. The van der Waals surface area contributed by atoms with Gasteiger partial charge < -0.3 is 19.5 Å². The number of amides is 1. The fourth-order valence-corrected chi connectivity index (χ4v) is 7.94. The molecule has 1 spiro atoms. The number of nitrogens with zero attached hydrogens (tertiary/aromatic N) is 3. The molecule has 2 aromatic carbocycles. The second-order valence-corrected chi connectivity index (χ2v) is 12.1. The molecule has 4 heterocycles. The maximum atomic E-state index is 16.2. The summed E-state index contributed by atoms with van der Waals surface area (Å²) in [5, 5.41) is 14.6. The van der Waals surface area contributed by atoms with Crippen molar-refractivity contribution in [3.05, 3.63) is 92.7 Å². The smallest absolute Gasteiger partial charge is 0.278 e. The van der Waals surface area contributed by atoms with Crippen molar-refractivity contribution in [2.24, 2.45) is 0 Å². The Kier molecular flexibility index (Phi) is 5.25. The van der Waals surface area contributed by atoms with E-state index in [1.165, 1.54) is 28.3 Å². The molecule has 2 aromatic heterocycles. The molecule has 1 amide bonds. The summed E-state index contributed by atoms with van der Waals surface area (Å²) in [7, 11) is 0. The Morgan fingerprint density at radius 1 is 1.10 bits per heavy atom. The van der Waals surface area contributed by atoms with Crippen molar-refractivity contribution >= 4 is 17.2 Å². The van der Waals surface area contributed by atoms with Crippen LogP contribution >= 0.6 is 11.3 Å². The van der Waals surface area contributed by atoms with Crippen LogP contribution in [0.25, 0.3) is 21.6 Å². The number of thiophene rings is 1. The number of aromatic hydroxyl groups is 1. The lowest BCUT2D eigenvalue weighted by atomic mass is 9.91. The molecule has 2 aliphatic carbocycles. The summed E-state index contributed by atoms with van der Waals surface area (Å²) in [4.78, 5) is 28.8. The van der Waals surface area contributed by atoms with E-state index in [1.807, 2.05) is 48.5 Å². The van der Waals surface area contributed by atoms with Gasteiger partial charge in [0.1, 0.15) is 11.9 Å². The number of morpholine rings is 1. The SMILES string of the molecule is CC(C)Oc1csc2c1-c1c(ccc(F)c1F)C(N1n3ccc(=O)c(O)c3C(=O)N3CCO[C@@H]4C[C@@]431)c1ccccc1-2. The van der Waals surface area contributed by atoms with Crippen molar-refractivity contribution in [2.75, 3.05) is 18.2 Å². The summed E-state index contributed by atoms with van der Waals surface area (Å²) >= 11 is 1.39. The quantitative estimate of drug-likeness (QED) is 0.362. The van der Waals surface area contributed by atoms with Crippen molar-refractivity contribution < 1.29 is 28.2 Å². The van der Waals surface area contributed by atoms with E-state index in [4.69, 9.17) is 9.47 Å². The van der Waals surface area contributed by atoms with Gasteiger partial charge in [-0.3, -0.25) is 19.3 Å². The van der Waals surface area contributed by atoms with Crippen molar-refractivity contribution in [1.29, 1.82) is 0 Å². The monoisotopic (exact) mass is 589 g/mol. The lowest BCUT2D eigenvalue weighted by Crippen LogP contribution is -2.68. The summed E-state index contributed by atoms with van der Waals surface area (Å²) in [6.07, 6.45) is 1.35. The van der Waals surface area contributed by atoms with Gasteiger partial charge in [-0.15, -0.1) is 11.3 Å². The maximum absolute atomic E-state index is 16.2. The van der Waals surface area contributed by atoms with Gasteiger partial charge in [-0.25, -0.2) is 8.78 Å². The van der Waals surface area contributed by atoms with Gasteiger partial charge in [-0.1, -0.05) is 30.3 Å². The van der Waals surface area contributed by atoms with Gasteiger partial charge in [0, 0.05) is 46.6 Å². The Labute approximate surface area is 242 Å². The van der Waals surface area contributed by atoms with E-state index in [9.17, 15) is 14.7 Å². The topological polar surface area (TPSA) is 84.2 Å². The zero-order chi connectivity index (χ0) is 29.1. The Bertz CT molecular complexity index is 1890. The van der Waals surface area contributed by atoms with E-state index in [1.54, 1.807) is 11.0 Å². The maximum Gasteiger partial charge on any atom is 0.278 e. The first-order valence-electron chi connectivity index (χ1n) is 13.8. The number of ether oxygens (including phenoxy) is 2. The third-order valence-corrected chi connectivity index (χ3v) is 9.60. The van der Waals surface area contributed by atoms with Gasteiger partial charge in [0.05, 0.1) is 18.8 Å². The third-order valence-electron chi connectivity index (χ3n) is 8.61. The number of aromatic nitrogens is 1. The number of carbonyl (C=O) groups is 1. The van der Waals surface area contributed by atoms with Crippen LogP contribution in [0.3, 0.4) is 0 Å². The van der Waals surface area contributed by atoms with Gasteiger partial charge in [0.15, 0.2) is 28.7 Å². The lowest BCUT2D eigenvalue weighted by Gasteiger charge is -2.52. The van der Waals surface area contributed by atoms with Crippen LogP contribution in [0.5, 0.6) is 11.5 Å². The predicted octanol–water partition coefficient (Wildman–Crippen LogP) is 5.01. The molecule has 42 heavy (non-hydrogen) atoms. The van der Waals surface area contributed by atoms with Crippen LogP contribution in [0.4, 0.5) is 8.78 Å². The van der Waals surface area contributed by atoms with Crippen LogP contribution in [0, 0.1) is 11.6 Å². The standard InChI is InChI=1S/C31H25F2N3O5S/c1-15(2)41-21-14-42-29-17-6-4-3-5-16(17)26(18-7-8-19(32)25(33)23(18)24(21)29)36-31-13-22(31)40-12-11-34(31)30(39)27-28(38)20(37)9-10-35(27)36/h3-10,14-15,22,26,38H,11-13H2,1-2H3/t22-,26?,31-/m1/s1. The van der Waals surface area contributed by atoms with Gasteiger partial charge in [-0.2, -0.15) is 0 Å². The highest BCUT2D eigenvalue weighted by molar-refractivity contribution is 7.14. The molecule has 4 aliphatic rings. The van der Waals surface area contributed by atoms with Crippen LogP contribution in [0.2, 0.25) is 0 Å². The van der Waals surface area contributed by atoms with Gasteiger partial charge >= 0.3 is 0 Å². The molecule has 1 unspecified atom stereocenters. The number of hydrogen-bond acceptors (Lipinski definition) is 7. The number of fused-ring (bicyclic) bond motifs is 6. The Hall–Kier alpha value is -4.22. The van der Waals surface area contributed by atoms with E-state index in [0.29, 0.717) is 29.9 Å². The second-order valence-electron chi connectivity index (χ2n) is 11.3. The average molecular weight is 590 g/mol. The third kappa shape index (κ3) is 3.17. The second kappa shape index (κ2) is 8.65. The minimum Gasteiger partial charge on any atom is -0.502 e. The first kappa shape index (κ1) is 25.5. The molecule has 11 heteroatoms. The van der Waals surface area contributed by atoms with Crippen LogP contribution < -0.4 is 15.2 Å². The van der Waals surface area contributed by atoms with Gasteiger partial charge in [0.2, 0.25) is 5.43 Å². The molecule has 0 radical (unpaired) electrons.